The minimum atomic E-state index is -0.563. The van der Waals surface area contributed by atoms with E-state index in [1.54, 1.807) is 24.4 Å². The Kier molecular flexibility index (Phi) is 5.25. The average molecular weight is 386 g/mol. The fourth-order valence-corrected chi connectivity index (χ4v) is 2.91. The highest BCUT2D eigenvalue weighted by atomic mass is 16.5. The first-order valence-corrected chi connectivity index (χ1v) is 9.06. The molecule has 4 aromatic rings. The SMILES string of the molecule is O=C(COC(=O)c1c[nH]c2ccccc12)Nc1ccccc1Oc1ccccc1. The van der Waals surface area contributed by atoms with Crippen molar-refractivity contribution < 1.29 is 19.1 Å². The van der Waals surface area contributed by atoms with Gasteiger partial charge in [-0.2, -0.15) is 0 Å². The molecule has 0 aliphatic carbocycles. The molecular weight excluding hydrogens is 368 g/mol. The lowest BCUT2D eigenvalue weighted by Crippen LogP contribution is -2.21. The molecule has 0 atom stereocenters. The van der Waals surface area contributed by atoms with Gasteiger partial charge in [0, 0.05) is 17.1 Å². The third-order valence-corrected chi connectivity index (χ3v) is 4.28. The molecule has 6 heteroatoms. The summed E-state index contributed by atoms with van der Waals surface area (Å²) in [6, 6.07) is 23.7. The lowest BCUT2D eigenvalue weighted by atomic mass is 10.2. The molecule has 4 rings (SSSR count). The quantitative estimate of drug-likeness (QED) is 0.469. The number of H-pyrrole nitrogens is 1. The number of para-hydroxylation sites is 4. The number of amides is 1. The van der Waals surface area contributed by atoms with Gasteiger partial charge < -0.3 is 19.8 Å². The number of esters is 1. The summed E-state index contributed by atoms with van der Waals surface area (Å²) in [6.45, 7) is -0.405. The molecule has 0 radical (unpaired) electrons. The van der Waals surface area contributed by atoms with Crippen LogP contribution in [0, 0.1) is 0 Å². The number of aromatic amines is 1. The molecule has 0 saturated carbocycles. The number of anilines is 1. The lowest BCUT2D eigenvalue weighted by Gasteiger charge is -2.12. The van der Waals surface area contributed by atoms with Crippen LogP contribution in [0.4, 0.5) is 5.69 Å². The Bertz CT molecular complexity index is 1150. The molecule has 0 saturated heterocycles. The molecule has 0 fully saturated rings. The number of ether oxygens (including phenoxy) is 2. The second kappa shape index (κ2) is 8.31. The van der Waals surface area contributed by atoms with Crippen molar-refractivity contribution >= 4 is 28.5 Å². The summed E-state index contributed by atoms with van der Waals surface area (Å²) < 4.78 is 11.0. The van der Waals surface area contributed by atoms with E-state index in [0.29, 0.717) is 22.7 Å². The van der Waals surface area contributed by atoms with Crippen molar-refractivity contribution in [2.24, 2.45) is 0 Å². The van der Waals surface area contributed by atoms with Crippen LogP contribution in [0.25, 0.3) is 10.9 Å². The van der Waals surface area contributed by atoms with Crippen LogP contribution in [0.2, 0.25) is 0 Å². The Morgan fingerprint density at radius 2 is 1.59 bits per heavy atom. The number of carbonyl (C=O) groups is 2. The van der Waals surface area contributed by atoms with E-state index in [2.05, 4.69) is 10.3 Å². The molecule has 2 N–H and O–H groups in total. The Hall–Kier alpha value is -4.06. The molecular formula is C23H18N2O4. The highest BCUT2D eigenvalue weighted by Gasteiger charge is 2.15. The molecule has 144 valence electrons. The van der Waals surface area contributed by atoms with Gasteiger partial charge in [-0.05, 0) is 30.3 Å². The van der Waals surface area contributed by atoms with E-state index in [9.17, 15) is 9.59 Å². The third-order valence-electron chi connectivity index (χ3n) is 4.28. The number of nitrogens with one attached hydrogen (secondary N) is 2. The van der Waals surface area contributed by atoms with Crippen molar-refractivity contribution in [3.63, 3.8) is 0 Å². The molecule has 29 heavy (non-hydrogen) atoms. The number of aromatic nitrogens is 1. The number of carbonyl (C=O) groups excluding carboxylic acids is 2. The maximum atomic E-state index is 12.3. The van der Waals surface area contributed by atoms with Crippen LogP contribution in [0.3, 0.4) is 0 Å². The number of fused-ring (bicyclic) bond motifs is 1. The van der Waals surface area contributed by atoms with Gasteiger partial charge in [-0.1, -0.05) is 48.5 Å². The van der Waals surface area contributed by atoms with Gasteiger partial charge in [0.15, 0.2) is 12.4 Å². The predicted molar refractivity (Wildman–Crippen MR) is 110 cm³/mol. The second-order valence-electron chi connectivity index (χ2n) is 6.28. The van der Waals surface area contributed by atoms with Gasteiger partial charge in [-0.25, -0.2) is 4.79 Å². The number of benzene rings is 3. The zero-order valence-electron chi connectivity index (χ0n) is 15.4. The molecule has 1 aromatic heterocycles. The standard InChI is InChI=1S/C23H18N2O4/c26-22(15-28-23(27)18-14-24-19-11-5-4-10-17(18)19)25-20-12-6-7-13-21(20)29-16-8-2-1-3-9-16/h1-14,24H,15H2,(H,25,26). The molecule has 6 nitrogen and oxygen atoms in total. The van der Waals surface area contributed by atoms with Gasteiger partial charge in [0.05, 0.1) is 11.3 Å². The van der Waals surface area contributed by atoms with Gasteiger partial charge >= 0.3 is 5.97 Å². The summed E-state index contributed by atoms with van der Waals surface area (Å²) in [5.41, 5.74) is 1.71. The summed E-state index contributed by atoms with van der Waals surface area (Å²) >= 11 is 0. The van der Waals surface area contributed by atoms with Crippen LogP contribution < -0.4 is 10.1 Å². The topological polar surface area (TPSA) is 80.4 Å². The van der Waals surface area contributed by atoms with Gasteiger partial charge in [0.2, 0.25) is 0 Å². The van der Waals surface area contributed by atoms with Gasteiger partial charge in [-0.3, -0.25) is 4.79 Å². The van der Waals surface area contributed by atoms with Crippen LogP contribution in [-0.2, 0) is 9.53 Å². The Labute approximate surface area is 167 Å². The monoisotopic (exact) mass is 386 g/mol. The first-order chi connectivity index (χ1) is 14.2. The van der Waals surface area contributed by atoms with E-state index < -0.39 is 18.5 Å². The van der Waals surface area contributed by atoms with Crippen LogP contribution in [0.5, 0.6) is 11.5 Å². The summed E-state index contributed by atoms with van der Waals surface area (Å²) in [5, 5.41) is 3.47. The molecule has 3 aromatic carbocycles. The van der Waals surface area contributed by atoms with Crippen LogP contribution in [-0.4, -0.2) is 23.5 Å². The van der Waals surface area contributed by atoms with E-state index in [1.165, 1.54) is 0 Å². The first-order valence-electron chi connectivity index (χ1n) is 9.06. The fraction of sp³-hybridized carbons (Fsp3) is 0.0435. The van der Waals surface area contributed by atoms with E-state index in [0.717, 1.165) is 10.9 Å². The molecule has 0 aliphatic heterocycles. The Morgan fingerprint density at radius 1 is 0.862 bits per heavy atom. The minimum Gasteiger partial charge on any atom is -0.455 e. The van der Waals surface area contributed by atoms with Crippen molar-refractivity contribution in [1.29, 1.82) is 0 Å². The zero-order valence-corrected chi connectivity index (χ0v) is 15.4. The number of hydrogen-bond acceptors (Lipinski definition) is 4. The van der Waals surface area contributed by atoms with Crippen molar-refractivity contribution in [1.82, 2.24) is 4.98 Å². The molecule has 0 bridgehead atoms. The largest absolute Gasteiger partial charge is 0.455 e. The van der Waals surface area contributed by atoms with E-state index in [4.69, 9.17) is 9.47 Å². The smallest absolute Gasteiger partial charge is 0.340 e. The zero-order chi connectivity index (χ0) is 20.1. The first kappa shape index (κ1) is 18.3. The van der Waals surface area contributed by atoms with E-state index >= 15 is 0 Å². The molecule has 0 aliphatic rings. The maximum Gasteiger partial charge on any atom is 0.340 e. The van der Waals surface area contributed by atoms with Crippen molar-refractivity contribution in [2.75, 3.05) is 11.9 Å². The van der Waals surface area contributed by atoms with Gasteiger partial charge in [0.1, 0.15) is 5.75 Å². The maximum absolute atomic E-state index is 12.3. The normalized spacial score (nSPS) is 10.5. The molecule has 0 unspecified atom stereocenters. The van der Waals surface area contributed by atoms with Gasteiger partial charge in [-0.15, -0.1) is 0 Å². The minimum absolute atomic E-state index is 0.390. The average Bonchev–Trinajstić information content (AvgIpc) is 3.18. The highest BCUT2D eigenvalue weighted by Crippen LogP contribution is 2.29. The van der Waals surface area contributed by atoms with E-state index in [-0.39, 0.29) is 0 Å². The summed E-state index contributed by atoms with van der Waals surface area (Å²) in [6.07, 6.45) is 1.58. The summed E-state index contributed by atoms with van der Waals surface area (Å²) in [7, 11) is 0. The number of rotatable bonds is 6. The second-order valence-corrected chi connectivity index (χ2v) is 6.28. The third kappa shape index (κ3) is 4.27. The lowest BCUT2D eigenvalue weighted by molar-refractivity contribution is -0.119. The van der Waals surface area contributed by atoms with Crippen LogP contribution in [0.1, 0.15) is 10.4 Å². The van der Waals surface area contributed by atoms with Crippen LogP contribution >= 0.6 is 0 Å². The molecule has 0 spiro atoms. The van der Waals surface area contributed by atoms with E-state index in [1.807, 2.05) is 60.7 Å². The van der Waals surface area contributed by atoms with Crippen LogP contribution in [0.15, 0.2) is 85.1 Å². The van der Waals surface area contributed by atoms with Gasteiger partial charge in [0.25, 0.3) is 5.91 Å². The van der Waals surface area contributed by atoms with Crippen molar-refractivity contribution in [2.45, 2.75) is 0 Å². The Morgan fingerprint density at radius 3 is 2.45 bits per heavy atom. The Balaban J connectivity index is 1.39. The van der Waals surface area contributed by atoms with Crippen molar-refractivity contribution in [3.05, 3.63) is 90.6 Å². The summed E-state index contributed by atoms with van der Waals surface area (Å²) in [4.78, 5) is 27.7. The highest BCUT2D eigenvalue weighted by molar-refractivity contribution is 6.05. The summed E-state index contributed by atoms with van der Waals surface area (Å²) in [5.74, 6) is 0.128. The predicted octanol–water partition coefficient (Wildman–Crippen LogP) is 4.76. The number of hydrogen-bond donors (Lipinski definition) is 2. The molecule has 1 amide bonds. The van der Waals surface area contributed by atoms with Crippen molar-refractivity contribution in [3.8, 4) is 11.5 Å². The fourth-order valence-electron chi connectivity index (χ4n) is 2.91. The molecule has 1 heterocycles.